The molecule has 2 N–H and O–H groups in total. The molecule has 29 heavy (non-hydrogen) atoms. The zero-order valence-corrected chi connectivity index (χ0v) is 18.3. The minimum Gasteiger partial charge on any atom is -0.495 e. The minimum atomic E-state index is -0.346. The average molecular weight is 480 g/mol. The lowest BCUT2D eigenvalue weighted by Crippen LogP contribution is -2.18. The normalized spacial score (nSPS) is 10.5. The van der Waals surface area contributed by atoms with E-state index < -0.39 is 0 Å². The second kappa shape index (κ2) is 9.10. The molecular weight excluding hydrogens is 462 g/mol. The standard InChI is InChI=1S/C19H18BrN3O5S/c1-10(24)21-8-12-4-5-14(28-12)13-9-29-19(22-13)23-18(25)11-6-15(26-2)17(20)16(7-11)27-3/h4-7,9H,8H2,1-3H3,(H,21,24)(H,22,23,25). The third-order valence-corrected chi connectivity index (χ3v) is 5.40. The first-order valence-corrected chi connectivity index (χ1v) is 10.1. The van der Waals surface area contributed by atoms with Crippen LogP contribution >= 0.6 is 27.3 Å². The number of nitrogens with zero attached hydrogens (tertiary/aromatic N) is 1. The number of thiazole rings is 1. The van der Waals surface area contributed by atoms with Gasteiger partial charge in [-0.2, -0.15) is 0 Å². The van der Waals surface area contributed by atoms with Crippen LogP contribution in [0.1, 0.15) is 23.0 Å². The van der Waals surface area contributed by atoms with Gasteiger partial charge in [0.05, 0.1) is 20.8 Å². The number of rotatable bonds is 7. The molecule has 0 aliphatic rings. The van der Waals surface area contributed by atoms with Crippen molar-refractivity contribution in [3.8, 4) is 23.0 Å². The third kappa shape index (κ3) is 4.96. The molecule has 2 aromatic heterocycles. The van der Waals surface area contributed by atoms with E-state index in [0.717, 1.165) is 0 Å². The predicted molar refractivity (Wildman–Crippen MR) is 113 cm³/mol. The molecule has 0 aliphatic heterocycles. The van der Waals surface area contributed by atoms with E-state index >= 15 is 0 Å². The van der Waals surface area contributed by atoms with E-state index in [1.807, 2.05) is 0 Å². The smallest absolute Gasteiger partial charge is 0.257 e. The highest BCUT2D eigenvalue weighted by molar-refractivity contribution is 9.10. The number of amides is 2. The summed E-state index contributed by atoms with van der Waals surface area (Å²) in [5.41, 5.74) is 0.958. The second-order valence-corrected chi connectivity index (χ2v) is 7.51. The molecule has 0 bridgehead atoms. The highest BCUT2D eigenvalue weighted by atomic mass is 79.9. The number of benzene rings is 1. The second-order valence-electron chi connectivity index (χ2n) is 5.86. The molecular formula is C19H18BrN3O5S. The van der Waals surface area contributed by atoms with Crippen LogP contribution in [0.5, 0.6) is 11.5 Å². The molecule has 1 aromatic carbocycles. The van der Waals surface area contributed by atoms with Crippen LogP contribution in [0, 0.1) is 0 Å². The van der Waals surface area contributed by atoms with Crippen molar-refractivity contribution in [3.05, 3.63) is 45.4 Å². The fourth-order valence-electron chi connectivity index (χ4n) is 2.44. The van der Waals surface area contributed by atoms with Gasteiger partial charge in [0.2, 0.25) is 5.91 Å². The molecule has 2 heterocycles. The van der Waals surface area contributed by atoms with Gasteiger partial charge in [-0.05, 0) is 40.2 Å². The van der Waals surface area contributed by atoms with Crippen molar-refractivity contribution < 1.29 is 23.5 Å². The van der Waals surface area contributed by atoms with Crippen LogP contribution in [0.15, 0.2) is 38.5 Å². The number of ether oxygens (including phenoxy) is 2. The summed E-state index contributed by atoms with van der Waals surface area (Å²) in [6.45, 7) is 1.74. The van der Waals surface area contributed by atoms with Gasteiger partial charge in [-0.1, -0.05) is 0 Å². The van der Waals surface area contributed by atoms with Crippen LogP contribution in [0.3, 0.4) is 0 Å². The summed E-state index contributed by atoms with van der Waals surface area (Å²) in [6, 6.07) is 6.75. The molecule has 2 amide bonds. The van der Waals surface area contributed by atoms with Gasteiger partial charge in [0, 0.05) is 17.9 Å². The van der Waals surface area contributed by atoms with E-state index in [4.69, 9.17) is 13.9 Å². The number of aromatic nitrogens is 1. The number of hydrogen-bond acceptors (Lipinski definition) is 7. The summed E-state index contributed by atoms with van der Waals surface area (Å²) in [4.78, 5) is 28.0. The Balaban J connectivity index is 1.73. The van der Waals surface area contributed by atoms with Crippen molar-refractivity contribution in [2.24, 2.45) is 0 Å². The number of methoxy groups -OCH3 is 2. The number of halogens is 1. The Hall–Kier alpha value is -2.85. The van der Waals surface area contributed by atoms with Crippen LogP contribution in [0.2, 0.25) is 0 Å². The molecule has 0 spiro atoms. The van der Waals surface area contributed by atoms with Gasteiger partial charge in [-0.25, -0.2) is 4.98 Å². The van der Waals surface area contributed by atoms with Gasteiger partial charge in [-0.3, -0.25) is 14.9 Å². The Labute approximate surface area is 179 Å². The Morgan fingerprint density at radius 1 is 1.21 bits per heavy atom. The molecule has 0 saturated carbocycles. The maximum absolute atomic E-state index is 12.6. The fraction of sp³-hybridized carbons (Fsp3) is 0.211. The molecule has 0 unspecified atom stereocenters. The van der Waals surface area contributed by atoms with Gasteiger partial charge in [0.25, 0.3) is 5.91 Å². The van der Waals surface area contributed by atoms with Crippen molar-refractivity contribution >= 4 is 44.2 Å². The molecule has 0 atom stereocenters. The van der Waals surface area contributed by atoms with Crippen molar-refractivity contribution in [2.75, 3.05) is 19.5 Å². The third-order valence-electron chi connectivity index (χ3n) is 3.86. The number of carbonyl (C=O) groups excluding carboxylic acids is 2. The van der Waals surface area contributed by atoms with Gasteiger partial charge >= 0.3 is 0 Å². The number of hydrogen-bond donors (Lipinski definition) is 2. The Bertz CT molecular complexity index is 1020. The first-order valence-electron chi connectivity index (χ1n) is 8.43. The first-order chi connectivity index (χ1) is 13.9. The maximum atomic E-state index is 12.6. The molecule has 0 fully saturated rings. The van der Waals surface area contributed by atoms with Gasteiger partial charge < -0.3 is 19.2 Å². The largest absolute Gasteiger partial charge is 0.495 e. The van der Waals surface area contributed by atoms with Crippen LogP contribution in [-0.4, -0.2) is 31.0 Å². The van der Waals surface area contributed by atoms with Crippen LogP contribution in [0.4, 0.5) is 5.13 Å². The highest BCUT2D eigenvalue weighted by Gasteiger charge is 2.17. The number of furan rings is 1. The van der Waals surface area contributed by atoms with Crippen molar-refractivity contribution in [1.82, 2.24) is 10.3 Å². The lowest BCUT2D eigenvalue weighted by atomic mass is 10.2. The zero-order valence-electron chi connectivity index (χ0n) is 15.9. The molecule has 8 nitrogen and oxygen atoms in total. The molecule has 3 aromatic rings. The summed E-state index contributed by atoms with van der Waals surface area (Å²) < 4.78 is 16.8. The molecule has 0 saturated heterocycles. The van der Waals surface area contributed by atoms with Gasteiger partial charge in [-0.15, -0.1) is 11.3 Å². The van der Waals surface area contributed by atoms with Crippen LogP contribution in [-0.2, 0) is 11.3 Å². The van der Waals surface area contributed by atoms with Crippen molar-refractivity contribution in [3.63, 3.8) is 0 Å². The predicted octanol–water partition coefficient (Wildman–Crippen LogP) is 4.07. The lowest BCUT2D eigenvalue weighted by molar-refractivity contribution is -0.119. The summed E-state index contributed by atoms with van der Waals surface area (Å²) >= 11 is 4.65. The van der Waals surface area contributed by atoms with E-state index in [1.165, 1.54) is 32.5 Å². The summed E-state index contributed by atoms with van der Waals surface area (Å²) in [6.07, 6.45) is 0. The van der Waals surface area contributed by atoms with E-state index in [1.54, 1.807) is 29.6 Å². The van der Waals surface area contributed by atoms with E-state index in [2.05, 4.69) is 31.5 Å². The van der Waals surface area contributed by atoms with Gasteiger partial charge in [0.15, 0.2) is 10.9 Å². The molecule has 10 heteroatoms. The zero-order chi connectivity index (χ0) is 21.0. The maximum Gasteiger partial charge on any atom is 0.257 e. The number of carbonyl (C=O) groups is 2. The summed E-state index contributed by atoms with van der Waals surface area (Å²) in [5, 5.41) is 7.63. The summed E-state index contributed by atoms with van der Waals surface area (Å²) in [5.74, 6) is 1.65. The topological polar surface area (TPSA) is 103 Å². The fourth-order valence-corrected chi connectivity index (χ4v) is 3.68. The molecule has 0 aliphatic carbocycles. The van der Waals surface area contributed by atoms with Crippen molar-refractivity contribution in [1.29, 1.82) is 0 Å². The van der Waals surface area contributed by atoms with Crippen molar-refractivity contribution in [2.45, 2.75) is 13.5 Å². The Morgan fingerprint density at radius 3 is 2.52 bits per heavy atom. The molecule has 3 rings (SSSR count). The van der Waals surface area contributed by atoms with E-state index in [9.17, 15) is 9.59 Å². The monoisotopic (exact) mass is 479 g/mol. The number of anilines is 1. The summed E-state index contributed by atoms with van der Waals surface area (Å²) in [7, 11) is 3.02. The quantitative estimate of drug-likeness (QED) is 0.529. The van der Waals surface area contributed by atoms with Crippen LogP contribution in [0.25, 0.3) is 11.5 Å². The average Bonchev–Trinajstić information content (AvgIpc) is 3.35. The minimum absolute atomic E-state index is 0.136. The lowest BCUT2D eigenvalue weighted by Gasteiger charge is -2.11. The Kier molecular flexibility index (Phi) is 6.55. The highest BCUT2D eigenvalue weighted by Crippen LogP contribution is 2.36. The van der Waals surface area contributed by atoms with Gasteiger partial charge in [0.1, 0.15) is 27.4 Å². The van der Waals surface area contributed by atoms with Crippen LogP contribution < -0.4 is 20.1 Å². The van der Waals surface area contributed by atoms with E-state index in [-0.39, 0.29) is 11.8 Å². The first kappa shape index (κ1) is 20.9. The molecule has 152 valence electrons. The molecule has 0 radical (unpaired) electrons. The number of nitrogens with one attached hydrogen (secondary N) is 2. The SMILES string of the molecule is COc1cc(C(=O)Nc2nc(-c3ccc(CNC(C)=O)o3)cs2)cc(OC)c1Br. The van der Waals surface area contributed by atoms with E-state index in [0.29, 0.717) is 50.4 Å². The Morgan fingerprint density at radius 2 is 1.90 bits per heavy atom.